The van der Waals surface area contributed by atoms with Crippen LogP contribution in [-0.2, 0) is 4.74 Å². The molecule has 0 fully saturated rings. The van der Waals surface area contributed by atoms with Gasteiger partial charge in [0.25, 0.3) is 0 Å². The van der Waals surface area contributed by atoms with Crippen LogP contribution >= 0.6 is 23.2 Å². The second-order valence-corrected chi connectivity index (χ2v) is 4.18. The normalized spacial score (nSPS) is 12.8. The van der Waals surface area contributed by atoms with E-state index in [2.05, 4.69) is 12.2 Å². The maximum absolute atomic E-state index is 6.08. The third-order valence-corrected chi connectivity index (χ3v) is 2.75. The zero-order valence-corrected chi connectivity index (χ0v) is 10.4. The van der Waals surface area contributed by atoms with E-state index in [1.54, 1.807) is 13.2 Å². The number of methoxy groups -OCH3 is 1. The number of ether oxygens (including phenoxy) is 1. The Kier molecular flexibility index (Phi) is 5.40. The molecule has 0 aromatic heterocycles. The molecule has 0 saturated heterocycles. The maximum Gasteiger partial charge on any atom is 0.0587 e. The summed E-state index contributed by atoms with van der Waals surface area (Å²) < 4.78 is 4.96. The van der Waals surface area contributed by atoms with Gasteiger partial charge in [-0.3, -0.25) is 0 Å². The van der Waals surface area contributed by atoms with E-state index in [1.807, 2.05) is 12.1 Å². The van der Waals surface area contributed by atoms with Crippen molar-refractivity contribution < 1.29 is 4.74 Å². The van der Waals surface area contributed by atoms with Crippen LogP contribution in [0.1, 0.15) is 18.5 Å². The van der Waals surface area contributed by atoms with Gasteiger partial charge in [0.2, 0.25) is 0 Å². The second-order valence-electron chi connectivity index (χ2n) is 3.33. The van der Waals surface area contributed by atoms with Crippen molar-refractivity contribution in [2.75, 3.05) is 20.3 Å². The fraction of sp³-hybridized carbons (Fsp3) is 0.455. The van der Waals surface area contributed by atoms with E-state index in [0.29, 0.717) is 16.7 Å². The van der Waals surface area contributed by atoms with Crippen LogP contribution in [0.15, 0.2) is 18.2 Å². The lowest BCUT2D eigenvalue weighted by molar-refractivity contribution is 0.196. The SMILES string of the molecule is COCCN[C@@H](C)c1ccc(Cl)cc1Cl. The summed E-state index contributed by atoms with van der Waals surface area (Å²) in [5.74, 6) is 0. The Morgan fingerprint density at radius 1 is 1.40 bits per heavy atom. The molecule has 0 spiro atoms. The molecule has 0 bridgehead atoms. The van der Waals surface area contributed by atoms with E-state index in [9.17, 15) is 0 Å². The predicted molar refractivity (Wildman–Crippen MR) is 64.8 cm³/mol. The molecule has 0 amide bonds. The van der Waals surface area contributed by atoms with Gasteiger partial charge in [0.05, 0.1) is 6.61 Å². The molecular weight excluding hydrogens is 233 g/mol. The summed E-state index contributed by atoms with van der Waals surface area (Å²) in [4.78, 5) is 0. The van der Waals surface area contributed by atoms with E-state index in [1.165, 1.54) is 0 Å². The zero-order chi connectivity index (χ0) is 11.3. The minimum Gasteiger partial charge on any atom is -0.383 e. The molecule has 4 heteroatoms. The maximum atomic E-state index is 6.08. The topological polar surface area (TPSA) is 21.3 Å². The van der Waals surface area contributed by atoms with Gasteiger partial charge in [-0.25, -0.2) is 0 Å². The van der Waals surface area contributed by atoms with E-state index < -0.39 is 0 Å². The van der Waals surface area contributed by atoms with Crippen LogP contribution in [0.5, 0.6) is 0 Å². The smallest absolute Gasteiger partial charge is 0.0587 e. The second kappa shape index (κ2) is 6.33. The lowest BCUT2D eigenvalue weighted by Crippen LogP contribution is -2.23. The van der Waals surface area contributed by atoms with Crippen molar-refractivity contribution in [2.24, 2.45) is 0 Å². The van der Waals surface area contributed by atoms with E-state index in [-0.39, 0.29) is 6.04 Å². The fourth-order valence-corrected chi connectivity index (χ4v) is 1.91. The van der Waals surface area contributed by atoms with Gasteiger partial charge < -0.3 is 10.1 Å². The molecule has 1 rings (SSSR count). The predicted octanol–water partition coefficient (Wildman–Crippen LogP) is 3.29. The summed E-state index contributed by atoms with van der Waals surface area (Å²) in [6, 6.07) is 5.74. The van der Waals surface area contributed by atoms with Crippen molar-refractivity contribution in [3.63, 3.8) is 0 Å². The molecule has 1 aromatic carbocycles. The van der Waals surface area contributed by atoms with Gasteiger partial charge >= 0.3 is 0 Å². The highest BCUT2D eigenvalue weighted by atomic mass is 35.5. The zero-order valence-electron chi connectivity index (χ0n) is 8.89. The average Bonchev–Trinajstić information content (AvgIpc) is 2.17. The molecule has 2 nitrogen and oxygen atoms in total. The van der Waals surface area contributed by atoms with Crippen molar-refractivity contribution in [3.05, 3.63) is 33.8 Å². The third kappa shape index (κ3) is 3.99. The quantitative estimate of drug-likeness (QED) is 0.807. The highest BCUT2D eigenvalue weighted by Gasteiger charge is 2.08. The number of halogens is 2. The molecule has 1 N–H and O–H groups in total. The Morgan fingerprint density at radius 3 is 2.73 bits per heavy atom. The summed E-state index contributed by atoms with van der Waals surface area (Å²) in [5.41, 5.74) is 1.05. The van der Waals surface area contributed by atoms with E-state index in [4.69, 9.17) is 27.9 Å². The Bertz CT molecular complexity index is 317. The highest BCUT2D eigenvalue weighted by Crippen LogP contribution is 2.25. The molecule has 1 atom stereocenters. The van der Waals surface area contributed by atoms with Crippen LogP contribution in [0.4, 0.5) is 0 Å². The van der Waals surface area contributed by atoms with Crippen molar-refractivity contribution in [2.45, 2.75) is 13.0 Å². The monoisotopic (exact) mass is 247 g/mol. The van der Waals surface area contributed by atoms with E-state index in [0.717, 1.165) is 12.1 Å². The standard InChI is InChI=1S/C11H15Cl2NO/c1-8(14-5-6-15-2)10-4-3-9(12)7-11(10)13/h3-4,7-8,14H,5-6H2,1-2H3/t8-/m0/s1. The highest BCUT2D eigenvalue weighted by molar-refractivity contribution is 6.35. The molecule has 0 aliphatic rings. The Morgan fingerprint density at radius 2 is 2.13 bits per heavy atom. The summed E-state index contributed by atoms with van der Waals surface area (Å²) in [7, 11) is 1.68. The minimum atomic E-state index is 0.199. The fourth-order valence-electron chi connectivity index (χ4n) is 1.34. The van der Waals surface area contributed by atoms with Crippen molar-refractivity contribution >= 4 is 23.2 Å². The van der Waals surface area contributed by atoms with Gasteiger partial charge in [-0.2, -0.15) is 0 Å². The number of rotatable bonds is 5. The van der Waals surface area contributed by atoms with Crippen molar-refractivity contribution in [3.8, 4) is 0 Å². The van der Waals surface area contributed by atoms with Crippen LogP contribution in [0, 0.1) is 0 Å². The van der Waals surface area contributed by atoms with Crippen LogP contribution in [0.3, 0.4) is 0 Å². The number of nitrogens with one attached hydrogen (secondary N) is 1. The Labute approximate surface area is 101 Å². The molecule has 0 unspecified atom stereocenters. The number of hydrogen-bond acceptors (Lipinski definition) is 2. The lowest BCUT2D eigenvalue weighted by atomic mass is 10.1. The van der Waals surface area contributed by atoms with E-state index >= 15 is 0 Å². The van der Waals surface area contributed by atoms with Crippen molar-refractivity contribution in [1.82, 2.24) is 5.32 Å². The third-order valence-electron chi connectivity index (χ3n) is 2.19. The van der Waals surface area contributed by atoms with Crippen LogP contribution in [-0.4, -0.2) is 20.3 Å². The molecule has 0 aliphatic heterocycles. The first-order chi connectivity index (χ1) is 7.15. The first kappa shape index (κ1) is 12.8. The van der Waals surface area contributed by atoms with Crippen LogP contribution in [0.2, 0.25) is 10.0 Å². The molecule has 0 aliphatic carbocycles. The molecular formula is C11H15Cl2NO. The van der Waals surface area contributed by atoms with Gasteiger partial charge in [0, 0.05) is 29.7 Å². The summed E-state index contributed by atoms with van der Waals surface area (Å²) in [6.07, 6.45) is 0. The number of hydrogen-bond donors (Lipinski definition) is 1. The molecule has 1 aromatic rings. The molecule has 84 valence electrons. The van der Waals surface area contributed by atoms with Gasteiger partial charge in [-0.05, 0) is 24.6 Å². The Hall–Kier alpha value is -0.280. The molecule has 0 radical (unpaired) electrons. The average molecular weight is 248 g/mol. The lowest BCUT2D eigenvalue weighted by Gasteiger charge is -2.15. The van der Waals surface area contributed by atoms with Gasteiger partial charge in [-0.15, -0.1) is 0 Å². The molecule has 0 heterocycles. The first-order valence-electron chi connectivity index (χ1n) is 4.82. The van der Waals surface area contributed by atoms with Crippen LogP contribution in [0.25, 0.3) is 0 Å². The van der Waals surface area contributed by atoms with Gasteiger partial charge in [0.15, 0.2) is 0 Å². The minimum absolute atomic E-state index is 0.199. The first-order valence-corrected chi connectivity index (χ1v) is 5.58. The summed E-state index contributed by atoms with van der Waals surface area (Å²) in [6.45, 7) is 3.55. The largest absolute Gasteiger partial charge is 0.383 e. The summed E-state index contributed by atoms with van der Waals surface area (Å²) in [5, 5.41) is 4.66. The van der Waals surface area contributed by atoms with Gasteiger partial charge in [-0.1, -0.05) is 29.3 Å². The molecule has 15 heavy (non-hydrogen) atoms. The Balaban J connectivity index is 2.61. The van der Waals surface area contributed by atoms with Crippen LogP contribution < -0.4 is 5.32 Å². The number of benzene rings is 1. The summed E-state index contributed by atoms with van der Waals surface area (Å²) >= 11 is 11.9. The van der Waals surface area contributed by atoms with Crippen molar-refractivity contribution in [1.29, 1.82) is 0 Å². The van der Waals surface area contributed by atoms with Gasteiger partial charge in [0.1, 0.15) is 0 Å². The molecule has 0 saturated carbocycles.